The molecule has 0 saturated heterocycles. The summed E-state index contributed by atoms with van der Waals surface area (Å²) in [7, 11) is 0. The average molecular weight is 327 g/mol. The third-order valence-electron chi connectivity index (χ3n) is 3.50. The van der Waals surface area contributed by atoms with Crippen LogP contribution in [0.5, 0.6) is 0 Å². The fourth-order valence-electron chi connectivity index (χ4n) is 2.32. The highest BCUT2D eigenvalue weighted by molar-refractivity contribution is 6.05. The van der Waals surface area contributed by atoms with Crippen molar-refractivity contribution in [3.63, 3.8) is 0 Å². The fourth-order valence-corrected chi connectivity index (χ4v) is 2.32. The van der Waals surface area contributed by atoms with Crippen LogP contribution in [0.3, 0.4) is 0 Å². The Morgan fingerprint density at radius 3 is 2.42 bits per heavy atom. The summed E-state index contributed by atoms with van der Waals surface area (Å²) in [5.74, 6) is -1.57. The fraction of sp³-hybridized carbons (Fsp3) is 0.176. The van der Waals surface area contributed by atoms with E-state index in [1.54, 1.807) is 30.3 Å². The second-order valence-corrected chi connectivity index (χ2v) is 5.63. The van der Waals surface area contributed by atoms with Crippen LogP contribution in [0.4, 0.5) is 15.8 Å². The molecule has 0 bridgehead atoms. The molecule has 0 radical (unpaired) electrons. The molecule has 2 aromatic rings. The van der Waals surface area contributed by atoms with Crippen LogP contribution in [0.1, 0.15) is 29.8 Å². The Kier molecular flexibility index (Phi) is 4.60. The average Bonchev–Trinajstić information content (AvgIpc) is 2.56. The topological polar surface area (TPSA) is 96.0 Å². The molecule has 2 rings (SSSR count). The van der Waals surface area contributed by atoms with Crippen LogP contribution in [0.15, 0.2) is 42.5 Å². The van der Waals surface area contributed by atoms with Gasteiger partial charge in [0.05, 0.1) is 27.7 Å². The second kappa shape index (κ2) is 6.46. The highest BCUT2D eigenvalue weighted by Gasteiger charge is 2.35. The number of carbonyl (C=O) groups excluding carboxylic acids is 1. The summed E-state index contributed by atoms with van der Waals surface area (Å²) >= 11 is 0. The number of nitro groups is 1. The van der Waals surface area contributed by atoms with E-state index in [0.29, 0.717) is 5.56 Å². The van der Waals surface area contributed by atoms with E-state index < -0.39 is 27.8 Å². The maximum atomic E-state index is 13.9. The van der Waals surface area contributed by atoms with Crippen molar-refractivity contribution in [3.8, 4) is 6.07 Å². The predicted molar refractivity (Wildman–Crippen MR) is 86.1 cm³/mol. The number of nitro benzene ring substituents is 1. The molecule has 0 saturated carbocycles. The van der Waals surface area contributed by atoms with Crippen molar-refractivity contribution in [2.75, 3.05) is 5.32 Å². The highest BCUT2D eigenvalue weighted by atomic mass is 19.1. The van der Waals surface area contributed by atoms with Gasteiger partial charge in [0, 0.05) is 5.56 Å². The zero-order chi connectivity index (χ0) is 17.9. The lowest BCUT2D eigenvalue weighted by Crippen LogP contribution is -2.22. The van der Waals surface area contributed by atoms with Crippen LogP contribution in [-0.2, 0) is 5.41 Å². The Balaban J connectivity index is 2.59. The standard InChI is InChI=1S/C17H14FN3O3/c1-17(2,10-19)14-13(9-8-12(18)15(14)21(23)24)20-16(22)11-6-4-3-5-7-11/h3-9H,1-2H3,(H,20,22). The van der Waals surface area contributed by atoms with Gasteiger partial charge in [0.15, 0.2) is 0 Å². The van der Waals surface area contributed by atoms with Crippen molar-refractivity contribution in [2.24, 2.45) is 0 Å². The number of hydrogen-bond acceptors (Lipinski definition) is 4. The lowest BCUT2D eigenvalue weighted by molar-refractivity contribution is -0.388. The minimum absolute atomic E-state index is 0.0310. The molecule has 1 amide bonds. The van der Waals surface area contributed by atoms with Crippen LogP contribution in [0, 0.1) is 27.3 Å². The van der Waals surface area contributed by atoms with Gasteiger partial charge in [-0.25, -0.2) is 0 Å². The summed E-state index contributed by atoms with van der Waals surface area (Å²) in [6.45, 7) is 2.85. The number of halogens is 1. The molecule has 1 N–H and O–H groups in total. The minimum Gasteiger partial charge on any atom is -0.321 e. The van der Waals surface area contributed by atoms with E-state index >= 15 is 0 Å². The second-order valence-electron chi connectivity index (χ2n) is 5.63. The van der Waals surface area contributed by atoms with Crippen molar-refractivity contribution in [2.45, 2.75) is 19.3 Å². The van der Waals surface area contributed by atoms with Gasteiger partial charge in [-0.2, -0.15) is 9.65 Å². The minimum atomic E-state index is -1.37. The number of anilines is 1. The smallest absolute Gasteiger partial charge is 0.311 e. The first-order chi connectivity index (χ1) is 11.3. The summed E-state index contributed by atoms with van der Waals surface area (Å²) in [5.41, 5.74) is -1.98. The third-order valence-corrected chi connectivity index (χ3v) is 3.50. The van der Waals surface area contributed by atoms with Gasteiger partial charge in [0.2, 0.25) is 5.82 Å². The quantitative estimate of drug-likeness (QED) is 0.682. The lowest BCUT2D eigenvalue weighted by Gasteiger charge is -2.20. The molecule has 6 nitrogen and oxygen atoms in total. The van der Waals surface area contributed by atoms with Gasteiger partial charge in [-0.1, -0.05) is 18.2 Å². The Labute approximate surface area is 137 Å². The molecule has 0 fully saturated rings. The number of amides is 1. The van der Waals surface area contributed by atoms with Crippen molar-refractivity contribution >= 4 is 17.3 Å². The molecule has 2 aromatic carbocycles. The summed E-state index contributed by atoms with van der Waals surface area (Å²) in [4.78, 5) is 22.7. The zero-order valence-electron chi connectivity index (χ0n) is 13.0. The van der Waals surface area contributed by atoms with E-state index in [-0.39, 0.29) is 11.3 Å². The molecule has 24 heavy (non-hydrogen) atoms. The van der Waals surface area contributed by atoms with Gasteiger partial charge in [-0.3, -0.25) is 14.9 Å². The number of nitrogens with one attached hydrogen (secondary N) is 1. The van der Waals surface area contributed by atoms with E-state index in [4.69, 9.17) is 0 Å². The van der Waals surface area contributed by atoms with Crippen molar-refractivity contribution in [3.05, 3.63) is 69.5 Å². The Morgan fingerprint density at radius 1 is 1.25 bits per heavy atom. The predicted octanol–water partition coefficient (Wildman–Crippen LogP) is 3.79. The monoisotopic (exact) mass is 327 g/mol. The first-order valence-corrected chi connectivity index (χ1v) is 7.03. The van der Waals surface area contributed by atoms with Crippen LogP contribution in [0.2, 0.25) is 0 Å². The molecule has 7 heteroatoms. The molecule has 0 aliphatic heterocycles. The third kappa shape index (κ3) is 3.22. The number of nitriles is 1. The van der Waals surface area contributed by atoms with Crippen molar-refractivity contribution in [1.82, 2.24) is 0 Å². The first-order valence-electron chi connectivity index (χ1n) is 7.03. The number of nitrogens with zero attached hydrogens (tertiary/aromatic N) is 2. The Bertz CT molecular complexity index is 842. The van der Waals surface area contributed by atoms with Crippen LogP contribution < -0.4 is 5.32 Å². The molecular weight excluding hydrogens is 313 g/mol. The summed E-state index contributed by atoms with van der Waals surface area (Å²) in [5, 5.41) is 23.1. The summed E-state index contributed by atoms with van der Waals surface area (Å²) in [6.07, 6.45) is 0. The SMILES string of the molecule is CC(C)(C#N)c1c(NC(=O)c2ccccc2)ccc(F)c1[N+](=O)[O-]. The van der Waals surface area contributed by atoms with Crippen LogP contribution in [-0.4, -0.2) is 10.8 Å². The van der Waals surface area contributed by atoms with Gasteiger partial charge in [0.25, 0.3) is 5.91 Å². The molecule has 0 unspecified atom stereocenters. The van der Waals surface area contributed by atoms with E-state index in [0.717, 1.165) is 6.07 Å². The van der Waals surface area contributed by atoms with Crippen molar-refractivity contribution < 1.29 is 14.1 Å². The van der Waals surface area contributed by atoms with Crippen LogP contribution in [0.25, 0.3) is 0 Å². The molecule has 0 aromatic heterocycles. The lowest BCUT2D eigenvalue weighted by atomic mass is 9.83. The Morgan fingerprint density at radius 2 is 1.88 bits per heavy atom. The zero-order valence-corrected chi connectivity index (χ0v) is 13.0. The molecular formula is C17H14FN3O3. The molecule has 0 atom stereocenters. The first kappa shape index (κ1) is 17.1. The number of rotatable bonds is 4. The van der Waals surface area contributed by atoms with Gasteiger partial charge < -0.3 is 5.32 Å². The van der Waals surface area contributed by atoms with E-state index in [2.05, 4.69) is 5.32 Å². The molecule has 122 valence electrons. The molecule has 0 aliphatic rings. The largest absolute Gasteiger partial charge is 0.321 e. The van der Waals surface area contributed by atoms with Gasteiger partial charge >= 0.3 is 5.69 Å². The van der Waals surface area contributed by atoms with Crippen LogP contribution >= 0.6 is 0 Å². The van der Waals surface area contributed by atoms with E-state index in [9.17, 15) is 24.6 Å². The summed E-state index contributed by atoms with van der Waals surface area (Å²) in [6, 6.07) is 12.3. The maximum absolute atomic E-state index is 13.9. The van der Waals surface area contributed by atoms with Gasteiger partial charge in [0.1, 0.15) is 0 Å². The summed E-state index contributed by atoms with van der Waals surface area (Å²) < 4.78 is 13.9. The number of benzene rings is 2. The van der Waals surface area contributed by atoms with Crippen molar-refractivity contribution in [1.29, 1.82) is 5.26 Å². The normalized spacial score (nSPS) is 10.8. The molecule has 0 spiro atoms. The van der Waals surface area contributed by atoms with Gasteiger partial charge in [-0.05, 0) is 38.1 Å². The highest BCUT2D eigenvalue weighted by Crippen LogP contribution is 2.39. The molecule has 0 aliphatic carbocycles. The number of hydrogen-bond donors (Lipinski definition) is 1. The van der Waals surface area contributed by atoms with E-state index in [1.165, 1.54) is 19.9 Å². The van der Waals surface area contributed by atoms with E-state index in [1.807, 2.05) is 6.07 Å². The molecule has 0 heterocycles. The maximum Gasteiger partial charge on any atom is 0.311 e. The number of carbonyl (C=O) groups is 1. The van der Waals surface area contributed by atoms with Gasteiger partial charge in [-0.15, -0.1) is 0 Å². The Hall–Kier alpha value is -3.27.